The minimum Gasteiger partial charge on any atom is -0.327 e. The van der Waals surface area contributed by atoms with Gasteiger partial charge in [0, 0.05) is 6.04 Å². The van der Waals surface area contributed by atoms with Crippen molar-refractivity contribution in [2.24, 2.45) is 11.7 Å². The zero-order valence-corrected chi connectivity index (χ0v) is 7.40. The van der Waals surface area contributed by atoms with Crippen LogP contribution in [0, 0.1) is 5.92 Å². The Morgan fingerprint density at radius 2 is 1.92 bits per heavy atom. The van der Waals surface area contributed by atoms with E-state index >= 15 is 0 Å². The highest BCUT2D eigenvalue weighted by Gasteiger charge is 2.35. The third kappa shape index (κ3) is 1.14. The molecule has 0 radical (unpaired) electrons. The highest BCUT2D eigenvalue weighted by molar-refractivity contribution is 5.23. The standard InChI is InChI=1S/C11H15N/c1-8-10(7-11(8)12)9-5-3-2-4-6-9/h2-6,8,10-11H,7,12H2,1H3/t8-,10-,11-/m0/s1. The second-order valence-electron chi connectivity index (χ2n) is 3.78. The number of hydrogen-bond donors (Lipinski definition) is 1. The molecule has 1 nitrogen and oxygen atoms in total. The molecule has 0 bridgehead atoms. The fourth-order valence-electron chi connectivity index (χ4n) is 1.96. The van der Waals surface area contributed by atoms with Crippen molar-refractivity contribution in [2.75, 3.05) is 0 Å². The van der Waals surface area contributed by atoms with E-state index in [1.54, 1.807) is 0 Å². The molecule has 0 spiro atoms. The van der Waals surface area contributed by atoms with E-state index in [1.165, 1.54) is 5.56 Å². The fourth-order valence-corrected chi connectivity index (χ4v) is 1.96. The number of nitrogens with two attached hydrogens (primary N) is 1. The molecule has 2 N–H and O–H groups in total. The fraction of sp³-hybridized carbons (Fsp3) is 0.455. The summed E-state index contributed by atoms with van der Waals surface area (Å²) >= 11 is 0. The van der Waals surface area contributed by atoms with Gasteiger partial charge in [0.15, 0.2) is 0 Å². The normalized spacial score (nSPS) is 34.3. The van der Waals surface area contributed by atoms with Gasteiger partial charge >= 0.3 is 0 Å². The maximum absolute atomic E-state index is 5.85. The van der Waals surface area contributed by atoms with Crippen molar-refractivity contribution >= 4 is 0 Å². The molecular formula is C11H15N. The van der Waals surface area contributed by atoms with Crippen LogP contribution in [-0.2, 0) is 0 Å². The van der Waals surface area contributed by atoms with Gasteiger partial charge in [0.2, 0.25) is 0 Å². The molecule has 0 aromatic heterocycles. The minimum atomic E-state index is 0.426. The molecule has 0 unspecified atom stereocenters. The van der Waals surface area contributed by atoms with E-state index in [0.29, 0.717) is 17.9 Å². The van der Waals surface area contributed by atoms with Gasteiger partial charge in [-0.05, 0) is 23.8 Å². The van der Waals surface area contributed by atoms with Crippen LogP contribution < -0.4 is 5.73 Å². The lowest BCUT2D eigenvalue weighted by atomic mass is 9.67. The Labute approximate surface area is 73.6 Å². The molecule has 2 rings (SSSR count). The third-order valence-electron chi connectivity index (χ3n) is 3.06. The van der Waals surface area contributed by atoms with E-state index in [4.69, 9.17) is 5.73 Å². The number of rotatable bonds is 1. The average molecular weight is 161 g/mol. The summed E-state index contributed by atoms with van der Waals surface area (Å²) in [5, 5.41) is 0. The first kappa shape index (κ1) is 7.81. The lowest BCUT2D eigenvalue weighted by molar-refractivity contribution is 0.226. The molecule has 0 heterocycles. The quantitative estimate of drug-likeness (QED) is 0.671. The Morgan fingerprint density at radius 3 is 2.42 bits per heavy atom. The average Bonchev–Trinajstić information content (AvgIpc) is 2.15. The van der Waals surface area contributed by atoms with Crippen molar-refractivity contribution in [3.05, 3.63) is 35.9 Å². The molecule has 1 aromatic carbocycles. The first-order valence-corrected chi connectivity index (χ1v) is 4.59. The van der Waals surface area contributed by atoms with Crippen LogP contribution in [0.2, 0.25) is 0 Å². The molecule has 3 atom stereocenters. The van der Waals surface area contributed by atoms with E-state index in [2.05, 4.69) is 37.3 Å². The van der Waals surface area contributed by atoms with E-state index in [1.807, 2.05) is 0 Å². The molecule has 1 fully saturated rings. The minimum absolute atomic E-state index is 0.426. The Balaban J connectivity index is 2.13. The van der Waals surface area contributed by atoms with Gasteiger partial charge in [0.1, 0.15) is 0 Å². The summed E-state index contributed by atoms with van der Waals surface area (Å²) in [6.07, 6.45) is 1.16. The molecule has 0 saturated heterocycles. The largest absolute Gasteiger partial charge is 0.327 e. The second kappa shape index (κ2) is 2.91. The van der Waals surface area contributed by atoms with Crippen molar-refractivity contribution in [2.45, 2.75) is 25.3 Å². The lowest BCUT2D eigenvalue weighted by Crippen LogP contribution is -2.44. The molecule has 1 aromatic rings. The van der Waals surface area contributed by atoms with Crippen LogP contribution in [0.4, 0.5) is 0 Å². The summed E-state index contributed by atoms with van der Waals surface area (Å²) in [6.45, 7) is 2.24. The Morgan fingerprint density at radius 1 is 1.25 bits per heavy atom. The molecule has 1 aliphatic carbocycles. The molecular weight excluding hydrogens is 146 g/mol. The highest BCUT2D eigenvalue weighted by Crippen LogP contribution is 2.40. The number of hydrogen-bond acceptors (Lipinski definition) is 1. The predicted octanol–water partition coefficient (Wildman–Crippen LogP) is 2.14. The summed E-state index contributed by atoms with van der Waals surface area (Å²) in [4.78, 5) is 0. The summed E-state index contributed by atoms with van der Waals surface area (Å²) in [7, 11) is 0. The zero-order chi connectivity index (χ0) is 8.55. The Bertz CT molecular complexity index is 255. The van der Waals surface area contributed by atoms with Crippen LogP contribution in [0.15, 0.2) is 30.3 Å². The van der Waals surface area contributed by atoms with Crippen LogP contribution in [0.5, 0.6) is 0 Å². The topological polar surface area (TPSA) is 26.0 Å². The number of benzene rings is 1. The summed E-state index contributed by atoms with van der Waals surface area (Å²) in [5.41, 5.74) is 7.30. The predicted molar refractivity (Wildman–Crippen MR) is 50.9 cm³/mol. The lowest BCUT2D eigenvalue weighted by Gasteiger charge is -2.40. The summed E-state index contributed by atoms with van der Waals surface area (Å²) in [5.74, 6) is 1.37. The van der Waals surface area contributed by atoms with Gasteiger partial charge in [-0.15, -0.1) is 0 Å². The van der Waals surface area contributed by atoms with Gasteiger partial charge < -0.3 is 5.73 Å². The maximum atomic E-state index is 5.85. The molecule has 1 saturated carbocycles. The van der Waals surface area contributed by atoms with Crippen LogP contribution >= 0.6 is 0 Å². The van der Waals surface area contributed by atoms with Gasteiger partial charge in [0.05, 0.1) is 0 Å². The van der Waals surface area contributed by atoms with Crippen molar-refractivity contribution in [3.63, 3.8) is 0 Å². The first-order chi connectivity index (χ1) is 5.79. The van der Waals surface area contributed by atoms with Crippen LogP contribution in [0.25, 0.3) is 0 Å². The highest BCUT2D eigenvalue weighted by atomic mass is 14.7. The molecule has 1 heteroatoms. The zero-order valence-electron chi connectivity index (χ0n) is 7.40. The molecule has 0 aliphatic heterocycles. The van der Waals surface area contributed by atoms with Gasteiger partial charge in [-0.1, -0.05) is 37.3 Å². The second-order valence-corrected chi connectivity index (χ2v) is 3.78. The smallest absolute Gasteiger partial charge is 0.00763 e. The summed E-state index contributed by atoms with van der Waals surface area (Å²) in [6, 6.07) is 11.1. The summed E-state index contributed by atoms with van der Waals surface area (Å²) < 4.78 is 0. The van der Waals surface area contributed by atoms with E-state index < -0.39 is 0 Å². The maximum Gasteiger partial charge on any atom is 0.00763 e. The molecule has 1 aliphatic rings. The van der Waals surface area contributed by atoms with Gasteiger partial charge in [-0.25, -0.2) is 0 Å². The van der Waals surface area contributed by atoms with Crippen LogP contribution in [0.3, 0.4) is 0 Å². The van der Waals surface area contributed by atoms with E-state index in [9.17, 15) is 0 Å². The van der Waals surface area contributed by atoms with E-state index in [0.717, 1.165) is 6.42 Å². The molecule has 64 valence electrons. The van der Waals surface area contributed by atoms with Crippen molar-refractivity contribution in [1.82, 2.24) is 0 Å². The Hall–Kier alpha value is -0.820. The Kier molecular flexibility index (Phi) is 1.89. The first-order valence-electron chi connectivity index (χ1n) is 4.59. The van der Waals surface area contributed by atoms with Crippen molar-refractivity contribution < 1.29 is 0 Å². The van der Waals surface area contributed by atoms with Gasteiger partial charge in [0.25, 0.3) is 0 Å². The van der Waals surface area contributed by atoms with E-state index in [-0.39, 0.29) is 0 Å². The molecule has 12 heavy (non-hydrogen) atoms. The monoisotopic (exact) mass is 161 g/mol. The van der Waals surface area contributed by atoms with Crippen molar-refractivity contribution in [1.29, 1.82) is 0 Å². The van der Waals surface area contributed by atoms with Crippen LogP contribution in [0.1, 0.15) is 24.8 Å². The third-order valence-corrected chi connectivity index (χ3v) is 3.06. The van der Waals surface area contributed by atoms with Gasteiger partial charge in [-0.2, -0.15) is 0 Å². The molecule has 0 amide bonds. The van der Waals surface area contributed by atoms with Gasteiger partial charge in [-0.3, -0.25) is 0 Å². The van der Waals surface area contributed by atoms with Crippen LogP contribution in [-0.4, -0.2) is 6.04 Å². The SMILES string of the molecule is C[C@H]1[C@@H](c2ccccc2)C[C@@H]1N. The van der Waals surface area contributed by atoms with Crippen molar-refractivity contribution in [3.8, 4) is 0 Å².